The molecule has 0 bridgehead atoms. The van der Waals surface area contributed by atoms with E-state index in [1.165, 1.54) is 0 Å². The maximum atomic E-state index is 5.72. The van der Waals surface area contributed by atoms with Crippen molar-refractivity contribution in [2.45, 2.75) is 26.3 Å². The van der Waals surface area contributed by atoms with Crippen LogP contribution in [0.15, 0.2) is 21.7 Å². The van der Waals surface area contributed by atoms with Gasteiger partial charge in [0.2, 0.25) is 0 Å². The molecule has 0 aromatic rings. The van der Waals surface area contributed by atoms with Gasteiger partial charge in [-0.1, -0.05) is 13.8 Å². The van der Waals surface area contributed by atoms with Crippen LogP contribution in [0.4, 0.5) is 0 Å². The first kappa shape index (κ1) is 8.04. The molecule has 0 amide bonds. The van der Waals surface area contributed by atoms with Gasteiger partial charge in [0.25, 0.3) is 0 Å². The van der Waals surface area contributed by atoms with Gasteiger partial charge in [-0.05, 0) is 12.8 Å². The Balaban J connectivity index is 3.02. The van der Waals surface area contributed by atoms with E-state index in [0.29, 0.717) is 17.4 Å². The average Bonchev–Trinajstić information content (AvgIpc) is 2.18. The van der Waals surface area contributed by atoms with Crippen molar-refractivity contribution >= 4 is 0 Å². The summed E-state index contributed by atoms with van der Waals surface area (Å²) in [5.74, 6) is 0.688. The van der Waals surface area contributed by atoms with Gasteiger partial charge in [0.05, 0.1) is 5.70 Å². The summed E-state index contributed by atoms with van der Waals surface area (Å²) in [5, 5.41) is 7.78. The molecular weight excluding hydrogens is 140 g/mol. The van der Waals surface area contributed by atoms with Crippen molar-refractivity contribution < 1.29 is 0 Å². The van der Waals surface area contributed by atoms with E-state index in [9.17, 15) is 0 Å². The predicted octanol–water partition coefficient (Wildman–Crippen LogP) is 0.953. The molecule has 0 saturated heterocycles. The van der Waals surface area contributed by atoms with Gasteiger partial charge in [-0.25, -0.2) is 0 Å². The third-order valence-electron chi connectivity index (χ3n) is 2.31. The molecule has 1 rings (SSSR count). The van der Waals surface area contributed by atoms with Crippen molar-refractivity contribution in [3.8, 4) is 0 Å². The molecule has 0 radical (unpaired) electrons. The Hall–Kier alpha value is -1.06. The molecule has 1 atom stereocenters. The summed E-state index contributed by atoms with van der Waals surface area (Å²) in [6.07, 6.45) is 0. The SMILES string of the molecule is CC(C)C1(C)N=NC(N)=C1N. The quantitative estimate of drug-likeness (QED) is 0.590. The van der Waals surface area contributed by atoms with Crippen LogP contribution in [-0.4, -0.2) is 5.54 Å². The summed E-state index contributed by atoms with van der Waals surface area (Å²) in [6, 6.07) is 0. The lowest BCUT2D eigenvalue weighted by Gasteiger charge is -2.24. The Kier molecular flexibility index (Phi) is 1.62. The summed E-state index contributed by atoms with van der Waals surface area (Å²) in [4.78, 5) is 0. The van der Waals surface area contributed by atoms with Crippen molar-refractivity contribution in [2.24, 2.45) is 27.6 Å². The van der Waals surface area contributed by atoms with Crippen LogP contribution < -0.4 is 11.5 Å². The first-order valence-electron chi connectivity index (χ1n) is 3.67. The molecule has 11 heavy (non-hydrogen) atoms. The second-order valence-corrected chi connectivity index (χ2v) is 3.30. The number of hydrogen-bond donors (Lipinski definition) is 2. The van der Waals surface area contributed by atoms with Crippen LogP contribution in [0, 0.1) is 5.92 Å². The van der Waals surface area contributed by atoms with Crippen LogP contribution in [-0.2, 0) is 0 Å². The summed E-state index contributed by atoms with van der Waals surface area (Å²) >= 11 is 0. The van der Waals surface area contributed by atoms with E-state index in [-0.39, 0.29) is 5.54 Å². The summed E-state index contributed by atoms with van der Waals surface area (Å²) in [7, 11) is 0. The number of nitrogens with zero attached hydrogens (tertiary/aromatic N) is 2. The van der Waals surface area contributed by atoms with Crippen molar-refractivity contribution in [1.82, 2.24) is 0 Å². The lowest BCUT2D eigenvalue weighted by Crippen LogP contribution is -2.34. The van der Waals surface area contributed by atoms with Crippen molar-refractivity contribution in [3.63, 3.8) is 0 Å². The van der Waals surface area contributed by atoms with E-state index in [2.05, 4.69) is 10.2 Å². The highest BCUT2D eigenvalue weighted by atomic mass is 15.2. The Morgan fingerprint density at radius 2 is 1.91 bits per heavy atom. The molecule has 1 aliphatic rings. The van der Waals surface area contributed by atoms with Gasteiger partial charge in [-0.3, -0.25) is 0 Å². The number of nitrogens with two attached hydrogens (primary N) is 2. The highest BCUT2D eigenvalue weighted by Gasteiger charge is 2.36. The number of hydrogen-bond acceptors (Lipinski definition) is 4. The Morgan fingerprint density at radius 3 is 2.09 bits per heavy atom. The first-order chi connectivity index (χ1) is 4.98. The fourth-order valence-corrected chi connectivity index (χ4v) is 0.951. The van der Waals surface area contributed by atoms with Crippen molar-refractivity contribution in [2.75, 3.05) is 0 Å². The smallest absolute Gasteiger partial charge is 0.167 e. The largest absolute Gasteiger partial charge is 0.397 e. The molecule has 0 aromatic carbocycles. The van der Waals surface area contributed by atoms with Crippen LogP contribution in [0.5, 0.6) is 0 Å². The van der Waals surface area contributed by atoms with Gasteiger partial charge in [-0.15, -0.1) is 5.11 Å². The third kappa shape index (κ3) is 0.982. The summed E-state index contributed by atoms with van der Waals surface area (Å²) in [5.41, 5.74) is 11.4. The zero-order valence-corrected chi connectivity index (χ0v) is 7.13. The molecule has 4 nitrogen and oxygen atoms in total. The molecule has 1 unspecified atom stereocenters. The average molecular weight is 154 g/mol. The summed E-state index contributed by atoms with van der Waals surface area (Å²) < 4.78 is 0. The molecule has 0 aromatic heterocycles. The zero-order chi connectivity index (χ0) is 8.65. The van der Waals surface area contributed by atoms with Gasteiger partial charge in [-0.2, -0.15) is 5.11 Å². The minimum atomic E-state index is -0.385. The van der Waals surface area contributed by atoms with E-state index < -0.39 is 0 Å². The summed E-state index contributed by atoms with van der Waals surface area (Å²) in [6.45, 7) is 6.03. The van der Waals surface area contributed by atoms with E-state index in [1.54, 1.807) is 0 Å². The second kappa shape index (κ2) is 2.22. The number of rotatable bonds is 1. The molecule has 4 N–H and O–H groups in total. The first-order valence-corrected chi connectivity index (χ1v) is 3.67. The van der Waals surface area contributed by atoms with Crippen molar-refractivity contribution in [3.05, 3.63) is 11.5 Å². The maximum absolute atomic E-state index is 5.72. The van der Waals surface area contributed by atoms with Crippen LogP contribution in [0.1, 0.15) is 20.8 Å². The highest BCUT2D eigenvalue weighted by molar-refractivity contribution is 5.24. The fourth-order valence-electron chi connectivity index (χ4n) is 0.951. The van der Waals surface area contributed by atoms with E-state index in [0.717, 1.165) is 0 Å². The Bertz CT molecular complexity index is 229. The van der Waals surface area contributed by atoms with Crippen molar-refractivity contribution in [1.29, 1.82) is 0 Å². The second-order valence-electron chi connectivity index (χ2n) is 3.30. The Morgan fingerprint density at radius 1 is 1.36 bits per heavy atom. The topological polar surface area (TPSA) is 76.8 Å². The number of azo groups is 1. The van der Waals surface area contributed by atoms with Gasteiger partial charge in [0, 0.05) is 0 Å². The monoisotopic (exact) mass is 154 g/mol. The van der Waals surface area contributed by atoms with Gasteiger partial charge in [0.1, 0.15) is 5.54 Å². The van der Waals surface area contributed by atoms with Crippen LogP contribution in [0.25, 0.3) is 0 Å². The molecule has 0 fully saturated rings. The fraction of sp³-hybridized carbons (Fsp3) is 0.714. The van der Waals surface area contributed by atoms with E-state index in [4.69, 9.17) is 11.5 Å². The van der Waals surface area contributed by atoms with Crippen LogP contribution in [0.2, 0.25) is 0 Å². The van der Waals surface area contributed by atoms with E-state index in [1.807, 2.05) is 20.8 Å². The Labute approximate surface area is 66.4 Å². The normalized spacial score (nSPS) is 30.5. The lowest BCUT2D eigenvalue weighted by atomic mass is 9.87. The lowest BCUT2D eigenvalue weighted by molar-refractivity contribution is 0.394. The van der Waals surface area contributed by atoms with Crippen LogP contribution in [0.3, 0.4) is 0 Å². The molecular formula is C7H14N4. The molecule has 0 aliphatic carbocycles. The van der Waals surface area contributed by atoms with Gasteiger partial charge >= 0.3 is 0 Å². The predicted molar refractivity (Wildman–Crippen MR) is 43.5 cm³/mol. The highest BCUT2D eigenvalue weighted by Crippen LogP contribution is 2.32. The molecule has 0 saturated carbocycles. The van der Waals surface area contributed by atoms with Gasteiger partial charge in [0.15, 0.2) is 5.82 Å². The third-order valence-corrected chi connectivity index (χ3v) is 2.31. The van der Waals surface area contributed by atoms with Gasteiger partial charge < -0.3 is 11.5 Å². The van der Waals surface area contributed by atoms with E-state index >= 15 is 0 Å². The molecule has 1 aliphatic heterocycles. The molecule has 62 valence electrons. The molecule has 0 spiro atoms. The maximum Gasteiger partial charge on any atom is 0.167 e. The van der Waals surface area contributed by atoms with Crippen LogP contribution >= 0.6 is 0 Å². The molecule has 4 heteroatoms. The minimum Gasteiger partial charge on any atom is -0.397 e. The zero-order valence-electron chi connectivity index (χ0n) is 7.13. The standard InChI is InChI=1S/C7H14N4/c1-4(2)7(3)5(8)6(9)10-11-7/h4H,8-9H2,1-3H3. The minimum absolute atomic E-state index is 0.326. The molecule has 1 heterocycles.